The number of hydrogen-bond donors (Lipinski definition) is 2. The number of nitrogen functional groups attached to an aromatic ring is 1. The molecule has 2 rings (SSSR count). The number of pyridine rings is 1. The molecule has 0 aliphatic rings. The summed E-state index contributed by atoms with van der Waals surface area (Å²) in [5.41, 5.74) is 6.94. The number of nitrogens with two attached hydrogens (primary N) is 1. The third-order valence-corrected chi connectivity index (χ3v) is 2.26. The minimum absolute atomic E-state index is 0.390. The molecule has 0 amide bonds. The van der Waals surface area contributed by atoms with Gasteiger partial charge in [0.25, 0.3) is 0 Å². The molecule has 0 aliphatic carbocycles. The first-order valence-corrected chi connectivity index (χ1v) is 5.04. The molecule has 1 heterocycles. The second-order valence-corrected chi connectivity index (χ2v) is 3.57. The van der Waals surface area contributed by atoms with E-state index in [1.54, 1.807) is 18.3 Å². The van der Waals surface area contributed by atoms with E-state index in [9.17, 15) is 8.78 Å². The van der Waals surface area contributed by atoms with E-state index in [0.717, 1.165) is 17.8 Å². The Bertz CT molecular complexity index is 529. The number of hydrogen-bond acceptors (Lipinski definition) is 3. The van der Waals surface area contributed by atoms with Gasteiger partial charge in [-0.3, -0.25) is 0 Å². The molecule has 0 spiro atoms. The highest BCUT2D eigenvalue weighted by Crippen LogP contribution is 2.13. The molecule has 0 unspecified atom stereocenters. The first-order chi connectivity index (χ1) is 8.15. The van der Waals surface area contributed by atoms with E-state index in [2.05, 4.69) is 10.3 Å². The highest BCUT2D eigenvalue weighted by Gasteiger charge is 2.02. The highest BCUT2D eigenvalue weighted by molar-refractivity contribution is 5.49. The van der Waals surface area contributed by atoms with Crippen molar-refractivity contribution in [3.8, 4) is 0 Å². The zero-order valence-electron chi connectivity index (χ0n) is 8.95. The molecule has 0 aliphatic heterocycles. The number of rotatable bonds is 3. The summed E-state index contributed by atoms with van der Waals surface area (Å²) in [6, 6.07) is 7.20. The Hall–Kier alpha value is -2.17. The predicted molar refractivity (Wildman–Crippen MR) is 62.3 cm³/mol. The van der Waals surface area contributed by atoms with Gasteiger partial charge in [-0.1, -0.05) is 6.07 Å². The molecule has 0 radical (unpaired) electrons. The first kappa shape index (κ1) is 11.3. The summed E-state index contributed by atoms with van der Waals surface area (Å²) >= 11 is 0. The van der Waals surface area contributed by atoms with Crippen LogP contribution in [0, 0.1) is 11.6 Å². The molecule has 3 N–H and O–H groups in total. The van der Waals surface area contributed by atoms with Crippen molar-refractivity contribution in [1.29, 1.82) is 0 Å². The summed E-state index contributed by atoms with van der Waals surface area (Å²) in [5.74, 6) is -1.29. The van der Waals surface area contributed by atoms with Gasteiger partial charge in [0.15, 0.2) is 11.6 Å². The molecule has 3 nitrogen and oxygen atoms in total. The molecule has 0 saturated carbocycles. The quantitative estimate of drug-likeness (QED) is 0.859. The second-order valence-electron chi connectivity index (χ2n) is 3.57. The number of halogens is 2. The average molecular weight is 235 g/mol. The van der Waals surface area contributed by atoms with E-state index in [1.165, 1.54) is 6.07 Å². The van der Waals surface area contributed by atoms with Crippen LogP contribution in [0.25, 0.3) is 0 Å². The normalized spacial score (nSPS) is 10.2. The highest BCUT2D eigenvalue weighted by atomic mass is 19.2. The molecule has 1 aromatic carbocycles. The van der Waals surface area contributed by atoms with Crippen molar-refractivity contribution in [2.24, 2.45) is 0 Å². The number of nitrogens with one attached hydrogen (secondary N) is 1. The fourth-order valence-electron chi connectivity index (χ4n) is 1.41. The molecule has 17 heavy (non-hydrogen) atoms. The van der Waals surface area contributed by atoms with Crippen LogP contribution in [0.5, 0.6) is 0 Å². The van der Waals surface area contributed by atoms with E-state index >= 15 is 0 Å². The third-order valence-electron chi connectivity index (χ3n) is 2.26. The van der Waals surface area contributed by atoms with Crippen LogP contribution in [0.2, 0.25) is 0 Å². The summed E-state index contributed by atoms with van der Waals surface area (Å²) in [7, 11) is 0. The summed E-state index contributed by atoms with van der Waals surface area (Å²) in [5, 5.41) is 3.04. The van der Waals surface area contributed by atoms with E-state index in [1.807, 2.05) is 0 Å². The van der Waals surface area contributed by atoms with Crippen molar-refractivity contribution in [1.82, 2.24) is 4.98 Å². The van der Waals surface area contributed by atoms with Gasteiger partial charge in [0.1, 0.15) is 5.82 Å². The number of benzene rings is 1. The minimum Gasteiger partial charge on any atom is -0.384 e. The van der Waals surface area contributed by atoms with Gasteiger partial charge in [-0.15, -0.1) is 0 Å². The Morgan fingerprint density at radius 1 is 1.12 bits per heavy atom. The molecular formula is C12H11F2N3. The summed E-state index contributed by atoms with van der Waals surface area (Å²) < 4.78 is 25.6. The SMILES string of the molecule is Nc1cc(NCc2ccc(F)c(F)c2)ccn1. The Labute approximate surface area is 97.3 Å². The van der Waals surface area contributed by atoms with Gasteiger partial charge in [0.05, 0.1) is 0 Å². The lowest BCUT2D eigenvalue weighted by Crippen LogP contribution is -2.01. The van der Waals surface area contributed by atoms with Crippen LogP contribution >= 0.6 is 0 Å². The van der Waals surface area contributed by atoms with Crippen LogP contribution < -0.4 is 11.1 Å². The van der Waals surface area contributed by atoms with Gasteiger partial charge in [0.2, 0.25) is 0 Å². The lowest BCUT2D eigenvalue weighted by atomic mass is 10.2. The lowest BCUT2D eigenvalue weighted by Gasteiger charge is -2.07. The van der Waals surface area contributed by atoms with Gasteiger partial charge in [-0.25, -0.2) is 13.8 Å². The van der Waals surface area contributed by atoms with Crippen molar-refractivity contribution in [2.75, 3.05) is 11.1 Å². The van der Waals surface area contributed by atoms with E-state index in [-0.39, 0.29) is 0 Å². The predicted octanol–water partition coefficient (Wildman–Crippen LogP) is 2.55. The zero-order chi connectivity index (χ0) is 12.3. The third kappa shape index (κ3) is 2.90. The van der Waals surface area contributed by atoms with Gasteiger partial charge < -0.3 is 11.1 Å². The Morgan fingerprint density at radius 2 is 1.94 bits per heavy atom. The standard InChI is InChI=1S/C12H11F2N3/c13-10-2-1-8(5-11(10)14)7-17-9-3-4-16-12(15)6-9/h1-6H,7H2,(H3,15,16,17). The second kappa shape index (κ2) is 4.78. The minimum atomic E-state index is -0.849. The molecular weight excluding hydrogens is 224 g/mol. The van der Waals surface area contributed by atoms with Crippen molar-refractivity contribution in [2.45, 2.75) is 6.54 Å². The fraction of sp³-hybridized carbons (Fsp3) is 0.0833. The van der Waals surface area contributed by atoms with E-state index < -0.39 is 11.6 Å². The summed E-state index contributed by atoms with van der Waals surface area (Å²) in [6.45, 7) is 0.390. The Kier molecular flexibility index (Phi) is 3.18. The van der Waals surface area contributed by atoms with Crippen molar-refractivity contribution in [3.05, 3.63) is 53.7 Å². The van der Waals surface area contributed by atoms with E-state index in [4.69, 9.17) is 5.73 Å². The van der Waals surface area contributed by atoms with Crippen molar-refractivity contribution < 1.29 is 8.78 Å². The van der Waals surface area contributed by atoms with Crippen LogP contribution in [0.15, 0.2) is 36.5 Å². The topological polar surface area (TPSA) is 50.9 Å². The Balaban J connectivity index is 2.05. The van der Waals surface area contributed by atoms with Crippen molar-refractivity contribution in [3.63, 3.8) is 0 Å². The summed E-state index contributed by atoms with van der Waals surface area (Å²) in [4.78, 5) is 3.85. The van der Waals surface area contributed by atoms with Crippen LogP contribution in [-0.2, 0) is 6.54 Å². The van der Waals surface area contributed by atoms with Gasteiger partial charge in [0, 0.05) is 24.5 Å². The maximum atomic E-state index is 12.9. The molecule has 1 aromatic heterocycles. The van der Waals surface area contributed by atoms with Gasteiger partial charge >= 0.3 is 0 Å². The first-order valence-electron chi connectivity index (χ1n) is 5.04. The molecule has 88 valence electrons. The largest absolute Gasteiger partial charge is 0.384 e. The molecule has 0 bridgehead atoms. The molecule has 2 aromatic rings. The smallest absolute Gasteiger partial charge is 0.159 e. The maximum absolute atomic E-state index is 12.9. The van der Waals surface area contributed by atoms with Crippen molar-refractivity contribution >= 4 is 11.5 Å². The fourth-order valence-corrected chi connectivity index (χ4v) is 1.41. The zero-order valence-corrected chi connectivity index (χ0v) is 8.95. The molecule has 0 fully saturated rings. The number of nitrogens with zero attached hydrogens (tertiary/aromatic N) is 1. The van der Waals surface area contributed by atoms with Gasteiger partial charge in [-0.05, 0) is 23.8 Å². The van der Waals surface area contributed by atoms with Crippen LogP contribution in [0.1, 0.15) is 5.56 Å². The summed E-state index contributed by atoms with van der Waals surface area (Å²) in [6.07, 6.45) is 1.57. The molecule has 0 saturated heterocycles. The molecule has 5 heteroatoms. The number of aromatic nitrogens is 1. The maximum Gasteiger partial charge on any atom is 0.159 e. The van der Waals surface area contributed by atoms with Gasteiger partial charge in [-0.2, -0.15) is 0 Å². The number of anilines is 2. The molecule has 0 atom stereocenters. The van der Waals surface area contributed by atoms with E-state index in [0.29, 0.717) is 17.9 Å². The lowest BCUT2D eigenvalue weighted by molar-refractivity contribution is 0.507. The average Bonchev–Trinajstić information content (AvgIpc) is 2.31. The Morgan fingerprint density at radius 3 is 2.65 bits per heavy atom. The van der Waals surface area contributed by atoms with Crippen LogP contribution in [0.3, 0.4) is 0 Å². The van der Waals surface area contributed by atoms with Crippen LogP contribution in [0.4, 0.5) is 20.3 Å². The van der Waals surface area contributed by atoms with Crippen LogP contribution in [-0.4, -0.2) is 4.98 Å². The monoisotopic (exact) mass is 235 g/mol.